The summed E-state index contributed by atoms with van der Waals surface area (Å²) in [7, 11) is 0. The number of halogens is 1. The standard InChI is InChI=1S/C25H30ClN3O3/c1-3-14-28(17-23(30)27-22-9-5-4-7-18(22)2)25(32)20-8-6-15-29(16-20)24(31)19-10-12-21(26)13-11-19/h4-5,7,9-13,20H,3,6,8,14-17H2,1-2H3,(H,27,30)/t20-/m1/s1. The third kappa shape index (κ3) is 6.10. The highest BCUT2D eigenvalue weighted by atomic mass is 35.5. The summed E-state index contributed by atoms with van der Waals surface area (Å²) in [5.41, 5.74) is 2.28. The largest absolute Gasteiger partial charge is 0.338 e. The number of anilines is 1. The molecule has 6 nitrogen and oxygen atoms in total. The van der Waals surface area contributed by atoms with Gasteiger partial charge in [-0.3, -0.25) is 14.4 Å². The number of nitrogens with zero attached hydrogens (tertiary/aromatic N) is 2. The number of piperidine rings is 1. The number of carbonyl (C=O) groups excluding carboxylic acids is 3. The molecule has 0 spiro atoms. The maximum Gasteiger partial charge on any atom is 0.253 e. The van der Waals surface area contributed by atoms with E-state index in [4.69, 9.17) is 11.6 Å². The third-order valence-electron chi connectivity index (χ3n) is 5.71. The Kier molecular flexibility index (Phi) is 8.28. The van der Waals surface area contributed by atoms with Gasteiger partial charge in [0.1, 0.15) is 0 Å². The van der Waals surface area contributed by atoms with Crippen LogP contribution in [0.2, 0.25) is 5.02 Å². The second-order valence-electron chi connectivity index (χ2n) is 8.22. The monoisotopic (exact) mass is 455 g/mol. The molecule has 0 unspecified atom stereocenters. The minimum atomic E-state index is -0.308. The Morgan fingerprint density at radius 3 is 2.53 bits per heavy atom. The van der Waals surface area contributed by atoms with Gasteiger partial charge < -0.3 is 15.1 Å². The number of para-hydroxylation sites is 1. The molecule has 170 valence electrons. The van der Waals surface area contributed by atoms with E-state index >= 15 is 0 Å². The highest BCUT2D eigenvalue weighted by Gasteiger charge is 2.32. The van der Waals surface area contributed by atoms with Gasteiger partial charge in [-0.15, -0.1) is 0 Å². The average Bonchev–Trinajstić information content (AvgIpc) is 2.80. The summed E-state index contributed by atoms with van der Waals surface area (Å²) in [6.07, 6.45) is 2.22. The molecule has 1 atom stereocenters. The molecule has 0 saturated carbocycles. The fraction of sp³-hybridized carbons (Fsp3) is 0.400. The molecule has 1 aliphatic heterocycles. The summed E-state index contributed by atoms with van der Waals surface area (Å²) in [5, 5.41) is 3.48. The quantitative estimate of drug-likeness (QED) is 0.673. The van der Waals surface area contributed by atoms with E-state index in [9.17, 15) is 14.4 Å². The summed E-state index contributed by atoms with van der Waals surface area (Å²) in [5.74, 6) is -0.692. The van der Waals surface area contributed by atoms with E-state index in [2.05, 4.69) is 5.32 Å². The summed E-state index contributed by atoms with van der Waals surface area (Å²) in [6, 6.07) is 14.4. The summed E-state index contributed by atoms with van der Waals surface area (Å²) < 4.78 is 0. The number of hydrogen-bond acceptors (Lipinski definition) is 3. The number of nitrogens with one attached hydrogen (secondary N) is 1. The lowest BCUT2D eigenvalue weighted by atomic mass is 9.95. The van der Waals surface area contributed by atoms with E-state index in [0.717, 1.165) is 24.1 Å². The van der Waals surface area contributed by atoms with Crippen molar-refractivity contribution in [2.75, 3.05) is 31.5 Å². The normalized spacial score (nSPS) is 15.8. The number of benzene rings is 2. The predicted octanol–water partition coefficient (Wildman–Crippen LogP) is 4.38. The first-order valence-corrected chi connectivity index (χ1v) is 11.5. The van der Waals surface area contributed by atoms with Crippen molar-refractivity contribution in [2.45, 2.75) is 33.1 Å². The van der Waals surface area contributed by atoms with Crippen LogP contribution in [0, 0.1) is 12.8 Å². The first kappa shape index (κ1) is 23.8. The van der Waals surface area contributed by atoms with E-state index in [1.807, 2.05) is 38.1 Å². The molecule has 0 radical (unpaired) electrons. The summed E-state index contributed by atoms with van der Waals surface area (Å²) >= 11 is 5.92. The molecule has 1 heterocycles. The van der Waals surface area contributed by atoms with Crippen LogP contribution in [0.3, 0.4) is 0 Å². The van der Waals surface area contributed by atoms with Crippen molar-refractivity contribution in [1.82, 2.24) is 9.80 Å². The Morgan fingerprint density at radius 1 is 1.12 bits per heavy atom. The molecule has 1 N–H and O–H groups in total. The number of carbonyl (C=O) groups is 3. The Morgan fingerprint density at radius 2 is 1.84 bits per heavy atom. The summed E-state index contributed by atoms with van der Waals surface area (Å²) in [4.78, 5) is 42.2. The maximum atomic E-state index is 13.3. The topological polar surface area (TPSA) is 69.7 Å². The van der Waals surface area contributed by atoms with Crippen LogP contribution in [0.1, 0.15) is 42.1 Å². The van der Waals surface area contributed by atoms with Crippen LogP contribution >= 0.6 is 11.6 Å². The summed E-state index contributed by atoms with van der Waals surface area (Å²) in [6.45, 7) is 5.40. The number of hydrogen-bond donors (Lipinski definition) is 1. The molecule has 3 rings (SSSR count). The van der Waals surface area contributed by atoms with Gasteiger partial charge >= 0.3 is 0 Å². The van der Waals surface area contributed by atoms with Gasteiger partial charge in [-0.25, -0.2) is 0 Å². The van der Waals surface area contributed by atoms with Crippen molar-refractivity contribution < 1.29 is 14.4 Å². The van der Waals surface area contributed by atoms with E-state index in [0.29, 0.717) is 36.6 Å². The van der Waals surface area contributed by atoms with Crippen LogP contribution in [0.15, 0.2) is 48.5 Å². The predicted molar refractivity (Wildman–Crippen MR) is 127 cm³/mol. The van der Waals surface area contributed by atoms with Gasteiger partial charge in [-0.05, 0) is 62.1 Å². The third-order valence-corrected chi connectivity index (χ3v) is 5.96. The van der Waals surface area contributed by atoms with Crippen molar-refractivity contribution in [3.8, 4) is 0 Å². The molecule has 1 fully saturated rings. The van der Waals surface area contributed by atoms with Gasteiger partial charge in [0.25, 0.3) is 5.91 Å². The van der Waals surface area contributed by atoms with Crippen LogP contribution in [-0.4, -0.2) is 53.7 Å². The Labute approximate surface area is 194 Å². The molecule has 0 aromatic heterocycles. The molecule has 0 aliphatic carbocycles. The first-order valence-electron chi connectivity index (χ1n) is 11.1. The molecule has 2 aromatic carbocycles. The highest BCUT2D eigenvalue weighted by Crippen LogP contribution is 2.22. The van der Waals surface area contributed by atoms with Crippen LogP contribution in [-0.2, 0) is 9.59 Å². The lowest BCUT2D eigenvalue weighted by Crippen LogP contribution is -2.48. The van der Waals surface area contributed by atoms with Gasteiger partial charge in [0, 0.05) is 35.9 Å². The minimum Gasteiger partial charge on any atom is -0.338 e. The maximum absolute atomic E-state index is 13.3. The smallest absolute Gasteiger partial charge is 0.253 e. The van der Waals surface area contributed by atoms with Gasteiger partial charge in [0.05, 0.1) is 12.5 Å². The Balaban J connectivity index is 1.64. The molecule has 1 saturated heterocycles. The Bertz CT molecular complexity index is 961. The van der Waals surface area contributed by atoms with Gasteiger partial charge in [-0.2, -0.15) is 0 Å². The molecule has 3 amide bonds. The highest BCUT2D eigenvalue weighted by molar-refractivity contribution is 6.30. The fourth-order valence-corrected chi connectivity index (χ4v) is 4.14. The van der Waals surface area contributed by atoms with Crippen molar-refractivity contribution in [1.29, 1.82) is 0 Å². The molecular formula is C25H30ClN3O3. The second kappa shape index (κ2) is 11.1. The minimum absolute atomic E-state index is 0.00262. The molecule has 0 bridgehead atoms. The Hall–Kier alpha value is -2.86. The van der Waals surface area contributed by atoms with E-state index in [1.54, 1.807) is 34.1 Å². The number of rotatable bonds is 7. The molecule has 1 aliphatic rings. The van der Waals surface area contributed by atoms with E-state index in [-0.39, 0.29) is 30.2 Å². The van der Waals surface area contributed by atoms with Gasteiger partial charge in [-0.1, -0.05) is 36.7 Å². The van der Waals surface area contributed by atoms with E-state index < -0.39 is 0 Å². The molecular weight excluding hydrogens is 426 g/mol. The van der Waals surface area contributed by atoms with Crippen molar-refractivity contribution in [3.05, 3.63) is 64.7 Å². The zero-order valence-electron chi connectivity index (χ0n) is 18.6. The lowest BCUT2D eigenvalue weighted by Gasteiger charge is -2.35. The van der Waals surface area contributed by atoms with Crippen LogP contribution < -0.4 is 5.32 Å². The number of likely N-dealkylation sites (tertiary alicyclic amines) is 1. The number of aryl methyl sites for hydroxylation is 1. The fourth-order valence-electron chi connectivity index (χ4n) is 4.01. The molecule has 32 heavy (non-hydrogen) atoms. The average molecular weight is 456 g/mol. The second-order valence-corrected chi connectivity index (χ2v) is 8.66. The molecule has 7 heteroatoms. The van der Waals surface area contributed by atoms with Crippen LogP contribution in [0.25, 0.3) is 0 Å². The zero-order chi connectivity index (χ0) is 23.1. The van der Waals surface area contributed by atoms with Gasteiger partial charge in [0.2, 0.25) is 11.8 Å². The molecule has 2 aromatic rings. The van der Waals surface area contributed by atoms with Crippen molar-refractivity contribution in [3.63, 3.8) is 0 Å². The lowest BCUT2D eigenvalue weighted by molar-refractivity contribution is -0.139. The van der Waals surface area contributed by atoms with E-state index in [1.165, 1.54) is 0 Å². The van der Waals surface area contributed by atoms with Crippen molar-refractivity contribution in [2.24, 2.45) is 5.92 Å². The van der Waals surface area contributed by atoms with Crippen LogP contribution in [0.4, 0.5) is 5.69 Å². The van der Waals surface area contributed by atoms with Gasteiger partial charge in [0.15, 0.2) is 0 Å². The van der Waals surface area contributed by atoms with Crippen LogP contribution in [0.5, 0.6) is 0 Å². The number of amides is 3. The SMILES string of the molecule is CCCN(CC(=O)Nc1ccccc1C)C(=O)[C@@H]1CCCN(C(=O)c2ccc(Cl)cc2)C1. The van der Waals surface area contributed by atoms with Crippen molar-refractivity contribution >= 4 is 35.0 Å². The first-order chi connectivity index (χ1) is 15.4. The zero-order valence-corrected chi connectivity index (χ0v) is 19.4.